The molecule has 0 atom stereocenters. The number of ether oxygens (including phenoxy) is 1. The number of alkyl halides is 3. The summed E-state index contributed by atoms with van der Waals surface area (Å²) in [6.45, 7) is 1.97. The first kappa shape index (κ1) is 25.3. The number of nitrogens with zero attached hydrogens (tertiary/aromatic N) is 1. The highest BCUT2D eigenvalue weighted by molar-refractivity contribution is 5.95. The number of carbonyl (C=O) groups excluding carboxylic acids is 1. The molecule has 4 rings (SSSR count). The van der Waals surface area contributed by atoms with Crippen molar-refractivity contribution in [3.05, 3.63) is 94.5 Å². The van der Waals surface area contributed by atoms with Crippen molar-refractivity contribution in [3.63, 3.8) is 0 Å². The van der Waals surface area contributed by atoms with Gasteiger partial charge in [0, 0.05) is 24.6 Å². The Kier molecular flexibility index (Phi) is 7.33. The lowest BCUT2D eigenvalue weighted by molar-refractivity contribution is -0.138. The topological polar surface area (TPSA) is 66.8 Å². The molecule has 0 saturated heterocycles. The van der Waals surface area contributed by atoms with E-state index in [1.807, 2.05) is 19.1 Å². The van der Waals surface area contributed by atoms with Crippen LogP contribution in [0.5, 0.6) is 11.5 Å². The minimum absolute atomic E-state index is 0.00221. The number of amides is 1. The molecule has 0 aliphatic heterocycles. The number of carboxylic acids is 1. The van der Waals surface area contributed by atoms with E-state index in [0.717, 1.165) is 36.1 Å². The molecule has 8 heteroatoms. The molecule has 1 saturated carbocycles. The molecule has 0 bridgehead atoms. The van der Waals surface area contributed by atoms with E-state index in [4.69, 9.17) is 9.84 Å². The van der Waals surface area contributed by atoms with Crippen LogP contribution in [-0.4, -0.2) is 27.9 Å². The summed E-state index contributed by atoms with van der Waals surface area (Å²) in [5.74, 6) is -0.113. The van der Waals surface area contributed by atoms with Gasteiger partial charge < -0.3 is 14.7 Å². The summed E-state index contributed by atoms with van der Waals surface area (Å²) < 4.78 is 45.3. The average molecular weight is 498 g/mol. The standard InChI is InChI=1S/C28H26F3NO4/c1-18-14-25(12-8-20(18)9-13-26(33)34)36-24-7-3-5-21(16-24)27(35)32(23-10-11-23)17-19-4-2-6-22(15-19)28(29,30)31/h2-8,12,14-16,23H,9-11,13,17H2,1H3,(H,33,34). The monoisotopic (exact) mass is 497 g/mol. The lowest BCUT2D eigenvalue weighted by Gasteiger charge is -2.23. The number of hydrogen-bond acceptors (Lipinski definition) is 3. The smallest absolute Gasteiger partial charge is 0.416 e. The molecule has 1 aliphatic carbocycles. The molecular formula is C28H26F3NO4. The third-order valence-electron chi connectivity index (χ3n) is 6.09. The molecule has 0 spiro atoms. The predicted molar refractivity (Wildman–Crippen MR) is 128 cm³/mol. The highest BCUT2D eigenvalue weighted by Crippen LogP contribution is 2.33. The van der Waals surface area contributed by atoms with Gasteiger partial charge in [-0.15, -0.1) is 0 Å². The Morgan fingerprint density at radius 1 is 1.00 bits per heavy atom. The van der Waals surface area contributed by atoms with Gasteiger partial charge in [-0.25, -0.2) is 0 Å². The van der Waals surface area contributed by atoms with Gasteiger partial charge in [-0.2, -0.15) is 13.2 Å². The van der Waals surface area contributed by atoms with Crippen LogP contribution in [0.1, 0.15) is 51.9 Å². The summed E-state index contributed by atoms with van der Waals surface area (Å²) in [6.07, 6.45) is -2.34. The number of benzene rings is 3. The zero-order valence-corrected chi connectivity index (χ0v) is 19.7. The van der Waals surface area contributed by atoms with Crippen LogP contribution >= 0.6 is 0 Å². The molecule has 3 aromatic rings. The first-order chi connectivity index (χ1) is 17.1. The first-order valence-corrected chi connectivity index (χ1v) is 11.7. The van der Waals surface area contributed by atoms with Crippen LogP contribution < -0.4 is 4.74 Å². The third kappa shape index (κ3) is 6.44. The van der Waals surface area contributed by atoms with Crippen LogP contribution in [0.4, 0.5) is 13.2 Å². The van der Waals surface area contributed by atoms with E-state index in [1.54, 1.807) is 41.3 Å². The molecule has 3 aromatic carbocycles. The first-order valence-electron chi connectivity index (χ1n) is 11.7. The van der Waals surface area contributed by atoms with Crippen LogP contribution in [-0.2, 0) is 23.9 Å². The Labute approximate surface area is 207 Å². The van der Waals surface area contributed by atoms with Crippen molar-refractivity contribution in [3.8, 4) is 11.5 Å². The fourth-order valence-electron chi connectivity index (χ4n) is 4.04. The average Bonchev–Trinajstić information content (AvgIpc) is 3.67. The van der Waals surface area contributed by atoms with E-state index in [1.165, 1.54) is 6.07 Å². The second-order valence-electron chi connectivity index (χ2n) is 8.97. The minimum atomic E-state index is -4.44. The molecular weight excluding hydrogens is 471 g/mol. The van der Waals surface area contributed by atoms with Crippen molar-refractivity contribution in [1.29, 1.82) is 0 Å². The molecule has 1 fully saturated rings. The molecule has 5 nitrogen and oxygen atoms in total. The molecule has 36 heavy (non-hydrogen) atoms. The normalized spacial score (nSPS) is 13.3. The lowest BCUT2D eigenvalue weighted by Crippen LogP contribution is -2.32. The Hall–Kier alpha value is -3.81. The van der Waals surface area contributed by atoms with Crippen LogP contribution in [0, 0.1) is 6.92 Å². The minimum Gasteiger partial charge on any atom is -0.481 e. The predicted octanol–water partition coefficient (Wildman–Crippen LogP) is 6.63. The van der Waals surface area contributed by atoms with E-state index in [-0.39, 0.29) is 24.9 Å². The maximum atomic E-state index is 13.3. The zero-order chi connectivity index (χ0) is 25.9. The summed E-state index contributed by atoms with van der Waals surface area (Å²) in [5, 5.41) is 8.89. The fraction of sp³-hybridized carbons (Fsp3) is 0.286. The Morgan fingerprint density at radius 3 is 2.39 bits per heavy atom. The van der Waals surface area contributed by atoms with Crippen molar-refractivity contribution in [2.45, 2.75) is 51.4 Å². The number of aryl methyl sites for hydroxylation is 2. The number of aliphatic carboxylic acids is 1. The second-order valence-corrected chi connectivity index (χ2v) is 8.97. The SMILES string of the molecule is Cc1cc(Oc2cccc(C(=O)N(Cc3cccc(C(F)(F)F)c3)C3CC3)c2)ccc1CCC(=O)O. The van der Waals surface area contributed by atoms with Crippen LogP contribution in [0.25, 0.3) is 0 Å². The molecule has 1 N–H and O–H groups in total. The summed E-state index contributed by atoms with van der Waals surface area (Å²) in [6, 6.07) is 17.2. The van der Waals surface area contributed by atoms with Crippen LogP contribution in [0.15, 0.2) is 66.7 Å². The second kappa shape index (κ2) is 10.4. The van der Waals surface area contributed by atoms with Gasteiger partial charge in [0.1, 0.15) is 11.5 Å². The van der Waals surface area contributed by atoms with Gasteiger partial charge in [-0.1, -0.05) is 24.3 Å². The summed E-state index contributed by atoms with van der Waals surface area (Å²) in [7, 11) is 0. The van der Waals surface area contributed by atoms with Gasteiger partial charge in [0.15, 0.2) is 0 Å². The highest BCUT2D eigenvalue weighted by Gasteiger charge is 2.34. The van der Waals surface area contributed by atoms with E-state index < -0.39 is 17.7 Å². The van der Waals surface area contributed by atoms with E-state index >= 15 is 0 Å². The van der Waals surface area contributed by atoms with Gasteiger partial charge in [0.05, 0.1) is 5.56 Å². The van der Waals surface area contributed by atoms with Crippen molar-refractivity contribution in [2.24, 2.45) is 0 Å². The number of rotatable bonds is 9. The third-order valence-corrected chi connectivity index (χ3v) is 6.09. The molecule has 0 unspecified atom stereocenters. The number of carbonyl (C=O) groups is 2. The van der Waals surface area contributed by atoms with Crippen molar-refractivity contribution in [1.82, 2.24) is 4.90 Å². The van der Waals surface area contributed by atoms with E-state index in [2.05, 4.69) is 0 Å². The van der Waals surface area contributed by atoms with Crippen molar-refractivity contribution in [2.75, 3.05) is 0 Å². The summed E-state index contributed by atoms with van der Waals surface area (Å²) in [4.78, 5) is 25.8. The molecule has 0 heterocycles. The Bertz CT molecular complexity index is 1270. The van der Waals surface area contributed by atoms with E-state index in [9.17, 15) is 22.8 Å². The van der Waals surface area contributed by atoms with Gasteiger partial charge in [-0.05, 0) is 85.3 Å². The molecule has 0 aromatic heterocycles. The van der Waals surface area contributed by atoms with Crippen molar-refractivity contribution < 1.29 is 32.6 Å². The van der Waals surface area contributed by atoms with Gasteiger partial charge >= 0.3 is 12.1 Å². The largest absolute Gasteiger partial charge is 0.481 e. The quantitative estimate of drug-likeness (QED) is 0.360. The van der Waals surface area contributed by atoms with Gasteiger partial charge in [-0.3, -0.25) is 9.59 Å². The highest BCUT2D eigenvalue weighted by atomic mass is 19.4. The number of hydrogen-bond donors (Lipinski definition) is 1. The van der Waals surface area contributed by atoms with Crippen molar-refractivity contribution >= 4 is 11.9 Å². The summed E-state index contributed by atoms with van der Waals surface area (Å²) in [5.41, 5.74) is 1.91. The van der Waals surface area contributed by atoms with Crippen LogP contribution in [0.2, 0.25) is 0 Å². The lowest BCUT2D eigenvalue weighted by atomic mass is 10.0. The van der Waals surface area contributed by atoms with Gasteiger partial charge in [0.25, 0.3) is 5.91 Å². The number of halogens is 3. The molecule has 0 radical (unpaired) electrons. The Morgan fingerprint density at radius 2 is 1.72 bits per heavy atom. The number of carboxylic acid groups (broad SMARTS) is 1. The van der Waals surface area contributed by atoms with Gasteiger partial charge in [0.2, 0.25) is 0 Å². The molecule has 1 aliphatic rings. The maximum Gasteiger partial charge on any atom is 0.416 e. The summed E-state index contributed by atoms with van der Waals surface area (Å²) >= 11 is 0. The van der Waals surface area contributed by atoms with E-state index in [0.29, 0.717) is 29.0 Å². The molecule has 188 valence electrons. The molecule has 1 amide bonds. The zero-order valence-electron chi connectivity index (χ0n) is 19.7. The maximum absolute atomic E-state index is 13.3. The fourth-order valence-corrected chi connectivity index (χ4v) is 4.04. The van der Waals surface area contributed by atoms with Crippen LogP contribution in [0.3, 0.4) is 0 Å². The Balaban J connectivity index is 1.49.